The van der Waals surface area contributed by atoms with Gasteiger partial charge in [-0.25, -0.2) is 0 Å². The van der Waals surface area contributed by atoms with Crippen molar-refractivity contribution in [2.24, 2.45) is 11.8 Å². The van der Waals surface area contributed by atoms with E-state index in [2.05, 4.69) is 23.3 Å². The molecule has 1 aromatic rings. The van der Waals surface area contributed by atoms with Gasteiger partial charge < -0.3 is 9.64 Å². The lowest BCUT2D eigenvalue weighted by Gasteiger charge is -2.32. The van der Waals surface area contributed by atoms with Crippen molar-refractivity contribution in [2.75, 3.05) is 26.0 Å². The standard InChI is InChI=1S/C17H23NO2S/c1-21-16-6-4-15(5-7-16)20-12-13-8-10-18(11-9-13)17(19)14-2-3-14/h4-7,13-14H,2-3,8-12H2,1H3. The molecule has 1 saturated heterocycles. The van der Waals surface area contributed by atoms with Crippen molar-refractivity contribution in [3.8, 4) is 5.75 Å². The number of amides is 1. The molecule has 21 heavy (non-hydrogen) atoms. The van der Waals surface area contributed by atoms with E-state index in [0.717, 1.165) is 51.1 Å². The molecule has 0 aromatic heterocycles. The van der Waals surface area contributed by atoms with E-state index in [0.29, 0.717) is 17.7 Å². The molecule has 2 aliphatic rings. The Labute approximate surface area is 131 Å². The van der Waals surface area contributed by atoms with Crippen molar-refractivity contribution in [3.05, 3.63) is 24.3 Å². The van der Waals surface area contributed by atoms with Gasteiger partial charge in [-0.2, -0.15) is 0 Å². The van der Waals surface area contributed by atoms with E-state index in [4.69, 9.17) is 4.74 Å². The molecule has 4 heteroatoms. The number of hydrogen-bond acceptors (Lipinski definition) is 3. The van der Waals surface area contributed by atoms with Crippen molar-refractivity contribution >= 4 is 17.7 Å². The molecule has 0 atom stereocenters. The maximum absolute atomic E-state index is 12.0. The molecule has 0 N–H and O–H groups in total. The largest absolute Gasteiger partial charge is 0.493 e. The van der Waals surface area contributed by atoms with E-state index < -0.39 is 0 Å². The van der Waals surface area contributed by atoms with Crippen LogP contribution < -0.4 is 4.74 Å². The summed E-state index contributed by atoms with van der Waals surface area (Å²) in [5.74, 6) is 2.27. The third-order valence-corrected chi connectivity index (χ3v) is 5.14. The van der Waals surface area contributed by atoms with E-state index in [9.17, 15) is 4.79 Å². The lowest BCUT2D eigenvalue weighted by atomic mass is 9.97. The van der Waals surface area contributed by atoms with Gasteiger partial charge in [0.25, 0.3) is 0 Å². The number of carbonyl (C=O) groups excluding carboxylic acids is 1. The monoisotopic (exact) mass is 305 g/mol. The number of thioether (sulfide) groups is 1. The van der Waals surface area contributed by atoms with Gasteiger partial charge in [0.15, 0.2) is 0 Å². The number of nitrogens with zero attached hydrogens (tertiary/aromatic N) is 1. The van der Waals surface area contributed by atoms with Gasteiger partial charge in [0.05, 0.1) is 6.61 Å². The molecule has 1 aliphatic heterocycles. The minimum Gasteiger partial charge on any atom is -0.493 e. The fourth-order valence-electron chi connectivity index (χ4n) is 2.79. The van der Waals surface area contributed by atoms with Crippen molar-refractivity contribution in [1.82, 2.24) is 4.90 Å². The Kier molecular flexibility index (Phi) is 4.73. The van der Waals surface area contributed by atoms with Crippen LogP contribution in [0.15, 0.2) is 29.2 Å². The van der Waals surface area contributed by atoms with Crippen molar-refractivity contribution in [2.45, 2.75) is 30.6 Å². The predicted octanol–water partition coefficient (Wildman–Crippen LogP) is 3.44. The Morgan fingerprint density at radius 2 is 1.86 bits per heavy atom. The summed E-state index contributed by atoms with van der Waals surface area (Å²) >= 11 is 1.74. The van der Waals surface area contributed by atoms with E-state index in [-0.39, 0.29) is 0 Å². The Morgan fingerprint density at radius 1 is 1.19 bits per heavy atom. The van der Waals surface area contributed by atoms with E-state index in [1.54, 1.807) is 11.8 Å². The third-order valence-electron chi connectivity index (χ3n) is 4.40. The predicted molar refractivity (Wildman–Crippen MR) is 85.7 cm³/mol. The lowest BCUT2D eigenvalue weighted by molar-refractivity contribution is -0.134. The van der Waals surface area contributed by atoms with Crippen LogP contribution in [-0.2, 0) is 4.79 Å². The number of ether oxygens (including phenoxy) is 1. The summed E-state index contributed by atoms with van der Waals surface area (Å²) in [6.45, 7) is 2.59. The molecule has 1 saturated carbocycles. The zero-order valence-corrected chi connectivity index (χ0v) is 13.4. The SMILES string of the molecule is CSc1ccc(OCC2CCN(C(=O)C3CC3)CC2)cc1. The minimum absolute atomic E-state index is 0.354. The molecule has 3 rings (SSSR count). The molecule has 0 unspecified atom stereocenters. The molecule has 1 heterocycles. The second kappa shape index (κ2) is 6.73. The zero-order valence-electron chi connectivity index (χ0n) is 12.6. The molecular formula is C17H23NO2S. The highest BCUT2D eigenvalue weighted by molar-refractivity contribution is 7.98. The van der Waals surface area contributed by atoms with Crippen LogP contribution in [0.4, 0.5) is 0 Å². The van der Waals surface area contributed by atoms with Crippen LogP contribution >= 0.6 is 11.8 Å². The Hall–Kier alpha value is -1.16. The highest BCUT2D eigenvalue weighted by atomic mass is 32.2. The van der Waals surface area contributed by atoms with E-state index in [1.807, 2.05) is 12.1 Å². The summed E-state index contributed by atoms with van der Waals surface area (Å²) < 4.78 is 5.89. The molecular weight excluding hydrogens is 282 g/mol. The first-order valence-corrected chi connectivity index (χ1v) is 9.04. The number of hydrogen-bond donors (Lipinski definition) is 0. The van der Waals surface area contributed by atoms with Crippen LogP contribution in [0.1, 0.15) is 25.7 Å². The number of likely N-dealkylation sites (tertiary alicyclic amines) is 1. The second-order valence-electron chi connectivity index (χ2n) is 6.03. The summed E-state index contributed by atoms with van der Waals surface area (Å²) in [6, 6.07) is 8.27. The van der Waals surface area contributed by atoms with Crippen LogP contribution in [-0.4, -0.2) is 36.8 Å². The number of carbonyl (C=O) groups is 1. The molecule has 1 amide bonds. The Morgan fingerprint density at radius 3 is 2.43 bits per heavy atom. The van der Waals surface area contributed by atoms with Crippen LogP contribution in [0.2, 0.25) is 0 Å². The van der Waals surface area contributed by atoms with Crippen molar-refractivity contribution in [3.63, 3.8) is 0 Å². The average molecular weight is 305 g/mol. The fourth-order valence-corrected chi connectivity index (χ4v) is 3.20. The maximum Gasteiger partial charge on any atom is 0.225 e. The van der Waals surface area contributed by atoms with Gasteiger partial charge >= 0.3 is 0 Å². The third kappa shape index (κ3) is 3.94. The van der Waals surface area contributed by atoms with E-state index >= 15 is 0 Å². The number of benzene rings is 1. The van der Waals surface area contributed by atoms with Gasteiger partial charge in [0, 0.05) is 23.9 Å². The minimum atomic E-state index is 0.354. The highest BCUT2D eigenvalue weighted by Gasteiger charge is 2.34. The van der Waals surface area contributed by atoms with Gasteiger partial charge in [-0.3, -0.25) is 4.79 Å². The number of rotatable bonds is 5. The molecule has 0 spiro atoms. The van der Waals surface area contributed by atoms with Gasteiger partial charge in [0.1, 0.15) is 5.75 Å². The average Bonchev–Trinajstić information content (AvgIpc) is 3.38. The molecule has 1 aromatic carbocycles. The van der Waals surface area contributed by atoms with Crippen LogP contribution in [0.3, 0.4) is 0 Å². The van der Waals surface area contributed by atoms with Gasteiger partial charge in [-0.1, -0.05) is 0 Å². The summed E-state index contributed by atoms with van der Waals surface area (Å²) in [7, 11) is 0. The first-order valence-electron chi connectivity index (χ1n) is 7.82. The maximum atomic E-state index is 12.0. The van der Waals surface area contributed by atoms with Crippen LogP contribution in [0, 0.1) is 11.8 Å². The fraction of sp³-hybridized carbons (Fsp3) is 0.588. The molecule has 114 valence electrons. The summed E-state index contributed by atoms with van der Waals surface area (Å²) in [6.07, 6.45) is 6.43. The van der Waals surface area contributed by atoms with Crippen molar-refractivity contribution in [1.29, 1.82) is 0 Å². The Bertz CT molecular complexity index is 476. The normalized spacial score (nSPS) is 19.6. The molecule has 1 aliphatic carbocycles. The lowest BCUT2D eigenvalue weighted by Crippen LogP contribution is -2.40. The smallest absolute Gasteiger partial charge is 0.225 e. The zero-order chi connectivity index (χ0) is 14.7. The number of piperidine rings is 1. The first kappa shape index (κ1) is 14.8. The molecule has 0 bridgehead atoms. The van der Waals surface area contributed by atoms with Gasteiger partial charge in [0.2, 0.25) is 5.91 Å². The van der Waals surface area contributed by atoms with Gasteiger partial charge in [-0.05, 0) is 62.1 Å². The molecule has 2 fully saturated rings. The highest BCUT2D eigenvalue weighted by Crippen LogP contribution is 2.32. The van der Waals surface area contributed by atoms with E-state index in [1.165, 1.54) is 4.90 Å². The van der Waals surface area contributed by atoms with Gasteiger partial charge in [-0.15, -0.1) is 11.8 Å². The topological polar surface area (TPSA) is 29.5 Å². The second-order valence-corrected chi connectivity index (χ2v) is 6.91. The quantitative estimate of drug-likeness (QED) is 0.781. The van der Waals surface area contributed by atoms with Crippen LogP contribution in [0.5, 0.6) is 5.75 Å². The summed E-state index contributed by atoms with van der Waals surface area (Å²) in [4.78, 5) is 15.3. The first-order chi connectivity index (χ1) is 10.3. The Balaban J connectivity index is 1.41. The molecule has 3 nitrogen and oxygen atoms in total. The summed E-state index contributed by atoms with van der Waals surface area (Å²) in [5, 5.41) is 0. The van der Waals surface area contributed by atoms with Crippen LogP contribution in [0.25, 0.3) is 0 Å². The molecule has 0 radical (unpaired) electrons. The summed E-state index contributed by atoms with van der Waals surface area (Å²) in [5.41, 5.74) is 0. The van der Waals surface area contributed by atoms with Crippen molar-refractivity contribution < 1.29 is 9.53 Å².